The maximum Gasteiger partial charge on any atom is 0.0332 e. The van der Waals surface area contributed by atoms with Crippen LogP contribution in [0.5, 0.6) is 0 Å². The van der Waals surface area contributed by atoms with E-state index >= 15 is 0 Å². The van der Waals surface area contributed by atoms with Gasteiger partial charge in [-0.05, 0) is 54.1 Å². The molecule has 0 aromatic heterocycles. The van der Waals surface area contributed by atoms with E-state index in [2.05, 4.69) is 92.2 Å². The molecule has 0 fully saturated rings. The molecule has 0 aliphatic carbocycles. The van der Waals surface area contributed by atoms with Gasteiger partial charge in [0.15, 0.2) is 0 Å². The average molecular weight is 373 g/mol. The lowest BCUT2D eigenvalue weighted by Crippen LogP contribution is -2.17. The van der Waals surface area contributed by atoms with Crippen LogP contribution in [0.15, 0.2) is 53.0 Å². The third-order valence-electron chi connectivity index (χ3n) is 4.21. The summed E-state index contributed by atoms with van der Waals surface area (Å²) in [6.45, 7) is 9.49. The van der Waals surface area contributed by atoms with E-state index in [1.165, 1.54) is 26.0 Å². The Bertz CT molecular complexity index is 755. The Balaban J connectivity index is 2.51. The summed E-state index contributed by atoms with van der Waals surface area (Å²) in [5.74, 6) is 0. The molecule has 0 heterocycles. The molecule has 3 aromatic carbocycles. The second-order valence-electron chi connectivity index (χ2n) is 6.35. The van der Waals surface area contributed by atoms with Crippen LogP contribution in [-0.2, 0) is 0 Å². The third-order valence-corrected chi connectivity index (χ3v) is 8.29. The zero-order valence-electron chi connectivity index (χ0n) is 13.6. The Labute approximate surface area is 142 Å². The Morgan fingerprint density at radius 3 is 1.41 bits per heavy atom. The molecule has 0 unspecified atom stereocenters. The van der Waals surface area contributed by atoms with Crippen molar-refractivity contribution in [3.8, 4) is 0 Å². The first kappa shape index (κ1) is 16.0. The molecule has 0 saturated carbocycles. The predicted octanol–water partition coefficient (Wildman–Crippen LogP) is 6.68. The second kappa shape index (κ2) is 6.30. The summed E-state index contributed by atoms with van der Waals surface area (Å²) in [6.07, 6.45) is 0. The quantitative estimate of drug-likeness (QED) is 0.355. The SMILES string of the molecule is CC(C)P(c1c2ccccc2c(Br)c2ccccc12)C(C)C. The lowest BCUT2D eigenvalue weighted by Gasteiger charge is -2.29. The molecule has 0 amide bonds. The maximum absolute atomic E-state index is 3.85. The van der Waals surface area contributed by atoms with E-state index in [-0.39, 0.29) is 7.92 Å². The highest BCUT2D eigenvalue weighted by atomic mass is 79.9. The summed E-state index contributed by atoms with van der Waals surface area (Å²) in [5, 5.41) is 7.09. The first-order valence-corrected chi connectivity index (χ1v) is 10.2. The topological polar surface area (TPSA) is 0 Å². The van der Waals surface area contributed by atoms with Crippen molar-refractivity contribution in [3.63, 3.8) is 0 Å². The van der Waals surface area contributed by atoms with E-state index in [0.29, 0.717) is 11.3 Å². The Morgan fingerprint density at radius 2 is 1.05 bits per heavy atom. The summed E-state index contributed by atoms with van der Waals surface area (Å²) in [4.78, 5) is 0. The van der Waals surface area contributed by atoms with E-state index < -0.39 is 0 Å². The van der Waals surface area contributed by atoms with Crippen LogP contribution in [0.3, 0.4) is 0 Å². The Kier molecular flexibility index (Phi) is 4.57. The van der Waals surface area contributed by atoms with Crippen molar-refractivity contribution in [2.24, 2.45) is 0 Å². The van der Waals surface area contributed by atoms with Crippen LogP contribution >= 0.6 is 23.9 Å². The molecule has 2 heteroatoms. The molecule has 114 valence electrons. The van der Waals surface area contributed by atoms with E-state index in [1.54, 1.807) is 5.30 Å². The molecule has 3 rings (SSSR count). The van der Waals surface area contributed by atoms with Gasteiger partial charge in [-0.3, -0.25) is 0 Å². The highest BCUT2D eigenvalue weighted by Crippen LogP contribution is 2.49. The van der Waals surface area contributed by atoms with Crippen molar-refractivity contribution in [3.05, 3.63) is 53.0 Å². The molecule has 0 spiro atoms. The molecule has 3 aromatic rings. The summed E-state index contributed by atoms with van der Waals surface area (Å²) < 4.78 is 1.23. The number of hydrogen-bond acceptors (Lipinski definition) is 0. The molecule has 0 nitrogen and oxygen atoms in total. The minimum absolute atomic E-state index is 0.207. The summed E-state index contributed by atoms with van der Waals surface area (Å²) in [7, 11) is -0.207. The summed E-state index contributed by atoms with van der Waals surface area (Å²) >= 11 is 3.85. The number of benzene rings is 3. The highest BCUT2D eigenvalue weighted by molar-refractivity contribution is 9.10. The normalized spacial score (nSPS) is 12.2. The van der Waals surface area contributed by atoms with Gasteiger partial charge in [-0.15, -0.1) is 0 Å². The van der Waals surface area contributed by atoms with E-state index in [0.717, 1.165) is 0 Å². The van der Waals surface area contributed by atoms with Gasteiger partial charge in [0.2, 0.25) is 0 Å². The molecule has 0 atom stereocenters. The largest absolute Gasteiger partial charge is 0.0687 e. The predicted molar refractivity (Wildman–Crippen MR) is 106 cm³/mol. The molecule has 22 heavy (non-hydrogen) atoms. The average Bonchev–Trinajstić information content (AvgIpc) is 2.50. The Morgan fingerprint density at radius 1 is 0.682 bits per heavy atom. The smallest absolute Gasteiger partial charge is 0.0332 e. The minimum atomic E-state index is -0.207. The van der Waals surface area contributed by atoms with E-state index in [1.807, 2.05) is 0 Å². The van der Waals surface area contributed by atoms with Gasteiger partial charge in [0.25, 0.3) is 0 Å². The first-order valence-electron chi connectivity index (χ1n) is 7.89. The van der Waals surface area contributed by atoms with Crippen LogP contribution in [-0.4, -0.2) is 11.3 Å². The monoisotopic (exact) mass is 372 g/mol. The summed E-state index contributed by atoms with van der Waals surface area (Å²) in [5.41, 5.74) is 1.37. The molecule has 0 aliphatic heterocycles. The molecular weight excluding hydrogens is 351 g/mol. The van der Waals surface area contributed by atoms with Crippen molar-refractivity contribution in [1.82, 2.24) is 0 Å². The molecule has 0 bridgehead atoms. The second-order valence-corrected chi connectivity index (χ2v) is 10.5. The molecule has 0 saturated heterocycles. The fraction of sp³-hybridized carbons (Fsp3) is 0.300. The minimum Gasteiger partial charge on any atom is -0.0687 e. The first-order chi connectivity index (χ1) is 10.5. The van der Waals surface area contributed by atoms with Gasteiger partial charge in [-0.25, -0.2) is 0 Å². The molecule has 0 aliphatic rings. The van der Waals surface area contributed by atoms with Crippen LogP contribution in [0, 0.1) is 0 Å². The number of halogens is 1. The standard InChI is InChI=1S/C20H22BrP/c1-13(2)22(14(3)4)20-17-11-7-5-9-15(17)19(21)16-10-6-8-12-18(16)20/h5-14H,1-4H3. The van der Waals surface area contributed by atoms with Gasteiger partial charge in [-0.1, -0.05) is 84.1 Å². The van der Waals surface area contributed by atoms with Gasteiger partial charge in [0, 0.05) is 4.47 Å². The lowest BCUT2D eigenvalue weighted by atomic mass is 10.0. The third kappa shape index (κ3) is 2.59. The van der Waals surface area contributed by atoms with E-state index in [9.17, 15) is 0 Å². The van der Waals surface area contributed by atoms with Gasteiger partial charge in [-0.2, -0.15) is 0 Å². The van der Waals surface area contributed by atoms with E-state index in [4.69, 9.17) is 0 Å². The maximum atomic E-state index is 3.85. The highest BCUT2D eigenvalue weighted by Gasteiger charge is 2.24. The van der Waals surface area contributed by atoms with Crippen molar-refractivity contribution in [2.45, 2.75) is 39.0 Å². The Hall–Kier alpha value is -0.910. The fourth-order valence-electron chi connectivity index (χ4n) is 3.44. The van der Waals surface area contributed by atoms with Gasteiger partial charge < -0.3 is 0 Å². The van der Waals surface area contributed by atoms with Gasteiger partial charge in [0.1, 0.15) is 0 Å². The fourth-order valence-corrected chi connectivity index (χ4v) is 7.31. The van der Waals surface area contributed by atoms with Crippen molar-refractivity contribution in [2.75, 3.05) is 0 Å². The van der Waals surface area contributed by atoms with Crippen molar-refractivity contribution in [1.29, 1.82) is 0 Å². The van der Waals surface area contributed by atoms with Crippen LogP contribution in [0.2, 0.25) is 0 Å². The van der Waals surface area contributed by atoms with Crippen LogP contribution in [0.1, 0.15) is 27.7 Å². The lowest BCUT2D eigenvalue weighted by molar-refractivity contribution is 1.02. The molecular formula is C20H22BrP. The van der Waals surface area contributed by atoms with Crippen molar-refractivity contribution >= 4 is 50.7 Å². The summed E-state index contributed by atoms with van der Waals surface area (Å²) in [6, 6.07) is 17.7. The molecule has 0 N–H and O–H groups in total. The number of fused-ring (bicyclic) bond motifs is 2. The number of hydrogen-bond donors (Lipinski definition) is 0. The molecule has 0 radical (unpaired) electrons. The van der Waals surface area contributed by atoms with Crippen LogP contribution in [0.25, 0.3) is 21.5 Å². The zero-order valence-corrected chi connectivity index (χ0v) is 16.1. The van der Waals surface area contributed by atoms with Crippen LogP contribution < -0.4 is 5.30 Å². The number of rotatable bonds is 3. The zero-order chi connectivity index (χ0) is 15.9. The van der Waals surface area contributed by atoms with Gasteiger partial charge in [0.05, 0.1) is 0 Å². The van der Waals surface area contributed by atoms with Crippen molar-refractivity contribution < 1.29 is 0 Å². The van der Waals surface area contributed by atoms with Gasteiger partial charge >= 0.3 is 0 Å². The van der Waals surface area contributed by atoms with Crippen LogP contribution in [0.4, 0.5) is 0 Å².